The van der Waals surface area contributed by atoms with E-state index in [2.05, 4.69) is 14.9 Å². The zero-order valence-corrected chi connectivity index (χ0v) is 18.2. The van der Waals surface area contributed by atoms with Crippen LogP contribution in [0.3, 0.4) is 0 Å². The Labute approximate surface area is 176 Å². The zero-order chi connectivity index (χ0) is 21.2. The molecule has 0 amide bonds. The summed E-state index contributed by atoms with van der Waals surface area (Å²) in [4.78, 5) is 16.3. The number of hydrogen-bond donors (Lipinski definition) is 1. The van der Waals surface area contributed by atoms with Crippen LogP contribution in [0.25, 0.3) is 11.4 Å². The average molecular weight is 456 g/mol. The van der Waals surface area contributed by atoms with Crippen LogP contribution in [0.5, 0.6) is 0 Å². The van der Waals surface area contributed by atoms with E-state index < -0.39 is 21.5 Å². The van der Waals surface area contributed by atoms with Crippen LogP contribution < -0.4 is 4.72 Å². The van der Waals surface area contributed by atoms with E-state index >= 15 is 0 Å². The van der Waals surface area contributed by atoms with Crippen molar-refractivity contribution < 1.29 is 22.5 Å². The molecule has 2 heterocycles. The van der Waals surface area contributed by atoms with Gasteiger partial charge in [-0.05, 0) is 50.4 Å². The Morgan fingerprint density at radius 2 is 2.07 bits per heavy atom. The fourth-order valence-corrected chi connectivity index (χ4v) is 4.91. The van der Waals surface area contributed by atoms with Gasteiger partial charge in [-0.3, -0.25) is 0 Å². The molecule has 29 heavy (non-hydrogen) atoms. The number of halogens is 1. The fourth-order valence-electron chi connectivity index (χ4n) is 2.33. The normalized spacial score (nSPS) is 12.1. The van der Waals surface area contributed by atoms with E-state index in [-0.39, 0.29) is 28.0 Å². The molecule has 2 aromatic heterocycles. The van der Waals surface area contributed by atoms with Gasteiger partial charge in [0.1, 0.15) is 4.90 Å². The van der Waals surface area contributed by atoms with Gasteiger partial charge in [0.25, 0.3) is 5.89 Å². The molecular weight excluding hydrogens is 438 g/mol. The summed E-state index contributed by atoms with van der Waals surface area (Å²) in [5.41, 5.74) is 0.119. The van der Waals surface area contributed by atoms with Crippen molar-refractivity contribution in [3.63, 3.8) is 0 Å². The van der Waals surface area contributed by atoms with Crippen LogP contribution in [0.2, 0.25) is 5.02 Å². The third-order valence-electron chi connectivity index (χ3n) is 3.47. The van der Waals surface area contributed by atoms with E-state index in [0.29, 0.717) is 5.82 Å². The Balaban J connectivity index is 1.73. The topological polar surface area (TPSA) is 111 Å². The smallest absolute Gasteiger partial charge is 0.338 e. The number of rotatable bonds is 6. The summed E-state index contributed by atoms with van der Waals surface area (Å²) in [5, 5.41) is 7.57. The zero-order valence-electron chi connectivity index (χ0n) is 15.8. The van der Waals surface area contributed by atoms with Gasteiger partial charge in [-0.25, -0.2) is 17.9 Å². The first-order chi connectivity index (χ1) is 13.5. The minimum Gasteiger partial charge on any atom is -0.452 e. The number of aromatic nitrogens is 2. The molecule has 0 radical (unpaired) electrons. The molecule has 0 bridgehead atoms. The third-order valence-corrected chi connectivity index (χ3v) is 6.39. The second-order valence-corrected chi connectivity index (χ2v) is 9.94. The van der Waals surface area contributed by atoms with Gasteiger partial charge in [0.2, 0.25) is 15.8 Å². The van der Waals surface area contributed by atoms with E-state index in [4.69, 9.17) is 20.9 Å². The molecule has 11 heteroatoms. The molecule has 0 aliphatic carbocycles. The van der Waals surface area contributed by atoms with Crippen molar-refractivity contribution in [1.29, 1.82) is 0 Å². The van der Waals surface area contributed by atoms with Crippen LogP contribution in [-0.4, -0.2) is 30.1 Å². The summed E-state index contributed by atoms with van der Waals surface area (Å²) >= 11 is 7.53. The maximum atomic E-state index is 12.6. The molecule has 1 N–H and O–H groups in total. The highest BCUT2D eigenvalue weighted by atomic mass is 35.5. The van der Waals surface area contributed by atoms with Crippen molar-refractivity contribution in [3.05, 3.63) is 51.5 Å². The Bertz CT molecular complexity index is 1120. The molecule has 1 aromatic carbocycles. The number of esters is 1. The minimum absolute atomic E-state index is 0.00407. The van der Waals surface area contributed by atoms with Gasteiger partial charge in [-0.2, -0.15) is 16.3 Å². The molecule has 0 aliphatic heterocycles. The van der Waals surface area contributed by atoms with E-state index in [0.717, 1.165) is 5.56 Å². The van der Waals surface area contributed by atoms with E-state index in [9.17, 15) is 13.2 Å². The van der Waals surface area contributed by atoms with Crippen LogP contribution in [0.1, 0.15) is 37.0 Å². The Hall–Kier alpha value is -2.27. The quantitative estimate of drug-likeness (QED) is 0.561. The lowest BCUT2D eigenvalue weighted by Crippen LogP contribution is -2.40. The number of carbonyl (C=O) groups excluding carboxylic acids is 1. The number of thiophene rings is 1. The van der Waals surface area contributed by atoms with Crippen molar-refractivity contribution >= 4 is 38.9 Å². The van der Waals surface area contributed by atoms with Gasteiger partial charge in [-0.1, -0.05) is 16.8 Å². The lowest BCUT2D eigenvalue weighted by Gasteiger charge is -2.21. The van der Waals surface area contributed by atoms with Gasteiger partial charge in [0.15, 0.2) is 6.61 Å². The monoisotopic (exact) mass is 455 g/mol. The summed E-state index contributed by atoms with van der Waals surface area (Å²) in [7, 11) is -3.92. The fraction of sp³-hybridized carbons (Fsp3) is 0.278. The molecule has 0 spiro atoms. The number of ether oxygens (including phenoxy) is 1. The van der Waals surface area contributed by atoms with E-state index in [1.165, 1.54) is 29.5 Å². The predicted molar refractivity (Wildman–Crippen MR) is 108 cm³/mol. The lowest BCUT2D eigenvalue weighted by molar-refractivity contribution is 0.0429. The van der Waals surface area contributed by atoms with Gasteiger partial charge in [0.05, 0.1) is 10.6 Å². The van der Waals surface area contributed by atoms with Crippen LogP contribution >= 0.6 is 22.9 Å². The molecule has 0 fully saturated rings. The lowest BCUT2D eigenvalue weighted by atomic mass is 10.1. The molecule has 0 saturated carbocycles. The number of nitrogens with one attached hydrogen (secondary N) is 1. The molecule has 8 nitrogen and oxygen atoms in total. The predicted octanol–water partition coefficient (Wildman–Crippen LogP) is 3.89. The first-order valence-electron chi connectivity index (χ1n) is 8.41. The third kappa shape index (κ3) is 5.41. The highest BCUT2D eigenvalue weighted by Crippen LogP contribution is 2.25. The van der Waals surface area contributed by atoms with E-state index in [1.54, 1.807) is 20.8 Å². The first kappa shape index (κ1) is 21.4. The SMILES string of the molecule is CC(C)(C)NS(=O)(=O)c1cc(C(=O)OCc2nc(-c3ccsc3)no2)ccc1Cl. The second kappa shape index (κ2) is 8.23. The molecule has 0 atom stereocenters. The Morgan fingerprint density at radius 3 is 2.72 bits per heavy atom. The van der Waals surface area contributed by atoms with Crippen LogP contribution in [-0.2, 0) is 21.4 Å². The van der Waals surface area contributed by atoms with Crippen molar-refractivity contribution in [1.82, 2.24) is 14.9 Å². The maximum absolute atomic E-state index is 12.6. The van der Waals surface area contributed by atoms with Crippen molar-refractivity contribution in [2.75, 3.05) is 0 Å². The number of benzene rings is 1. The highest BCUT2D eigenvalue weighted by Gasteiger charge is 2.25. The number of hydrogen-bond acceptors (Lipinski definition) is 8. The van der Waals surface area contributed by atoms with Gasteiger partial charge >= 0.3 is 5.97 Å². The van der Waals surface area contributed by atoms with Gasteiger partial charge in [-0.15, -0.1) is 0 Å². The second-order valence-electron chi connectivity index (χ2n) is 7.10. The Kier molecular flexibility index (Phi) is 6.08. The van der Waals surface area contributed by atoms with Crippen molar-refractivity contribution in [2.45, 2.75) is 37.8 Å². The molecule has 3 rings (SSSR count). The number of nitrogens with zero attached hydrogens (tertiary/aromatic N) is 2. The van der Waals surface area contributed by atoms with Crippen molar-refractivity contribution in [3.8, 4) is 11.4 Å². The summed E-state index contributed by atoms with van der Waals surface area (Å²) in [6.45, 7) is 4.85. The van der Waals surface area contributed by atoms with E-state index in [1.807, 2.05) is 16.8 Å². The highest BCUT2D eigenvalue weighted by molar-refractivity contribution is 7.89. The Morgan fingerprint density at radius 1 is 1.31 bits per heavy atom. The molecular formula is C18H18ClN3O5S2. The summed E-state index contributed by atoms with van der Waals surface area (Å²) in [6.07, 6.45) is 0. The van der Waals surface area contributed by atoms with Gasteiger partial charge < -0.3 is 9.26 Å². The number of carbonyl (C=O) groups is 1. The van der Waals surface area contributed by atoms with Crippen LogP contribution in [0, 0.1) is 0 Å². The first-order valence-corrected chi connectivity index (χ1v) is 11.2. The largest absolute Gasteiger partial charge is 0.452 e. The summed E-state index contributed by atoms with van der Waals surface area (Å²) in [5.74, 6) is -0.231. The molecule has 3 aromatic rings. The maximum Gasteiger partial charge on any atom is 0.338 e. The standard InChI is InChI=1S/C18H18ClN3O5S2/c1-18(2,3)22-29(24,25)14-8-11(4-5-13(14)19)17(23)26-9-15-20-16(21-27-15)12-6-7-28-10-12/h4-8,10,22H,9H2,1-3H3. The van der Waals surface area contributed by atoms with Gasteiger partial charge in [0, 0.05) is 16.5 Å². The molecule has 0 unspecified atom stereocenters. The average Bonchev–Trinajstić information content (AvgIpc) is 3.29. The van der Waals surface area contributed by atoms with Crippen LogP contribution in [0.15, 0.2) is 44.4 Å². The molecule has 154 valence electrons. The number of sulfonamides is 1. The van der Waals surface area contributed by atoms with Crippen LogP contribution in [0.4, 0.5) is 0 Å². The molecule has 0 saturated heterocycles. The molecule has 0 aliphatic rings. The minimum atomic E-state index is -3.92. The summed E-state index contributed by atoms with van der Waals surface area (Å²) < 4.78 is 37.8. The van der Waals surface area contributed by atoms with Crippen molar-refractivity contribution in [2.24, 2.45) is 0 Å². The summed E-state index contributed by atoms with van der Waals surface area (Å²) in [6, 6.07) is 5.72.